The highest BCUT2D eigenvalue weighted by molar-refractivity contribution is 6.64. The van der Waals surface area contributed by atoms with Gasteiger partial charge in [0.15, 0.2) is 5.70 Å². The minimum absolute atomic E-state index is 0.113. The zero-order valence-corrected chi connectivity index (χ0v) is 41.4. The molecule has 0 spiro atoms. The number of fused-ring (bicyclic) bond motifs is 2. The number of hydrogen-bond acceptors (Lipinski definition) is 9. The average molecular weight is 958 g/mol. The zero-order valence-electron chi connectivity index (χ0n) is 41.4. The number of amides is 1. The maximum absolute atomic E-state index is 16.4. The number of ether oxygens (including phenoxy) is 3. The number of cyclic esters (lactones) is 1. The second-order valence-electron chi connectivity index (χ2n) is 19.8. The highest BCUT2D eigenvalue weighted by atomic mass is 19.2. The van der Waals surface area contributed by atoms with E-state index < -0.39 is 36.7 Å². The molecule has 0 radical (unpaired) electrons. The van der Waals surface area contributed by atoms with Gasteiger partial charge in [0.1, 0.15) is 29.7 Å². The Morgan fingerprint density at radius 2 is 1.71 bits per heavy atom. The molecule has 4 heterocycles. The van der Waals surface area contributed by atoms with Gasteiger partial charge in [0.25, 0.3) is 0 Å². The Morgan fingerprint density at radius 1 is 0.986 bits per heavy atom. The van der Waals surface area contributed by atoms with Crippen molar-refractivity contribution in [3.05, 3.63) is 82.4 Å². The first kappa shape index (κ1) is 53.0. The van der Waals surface area contributed by atoms with Crippen LogP contribution in [0.2, 0.25) is 5.82 Å². The number of benzene rings is 1. The van der Waals surface area contributed by atoms with E-state index in [9.17, 15) is 24.3 Å². The number of rotatable bonds is 32. The van der Waals surface area contributed by atoms with E-state index in [1.807, 2.05) is 38.3 Å². The van der Waals surface area contributed by atoms with Gasteiger partial charge >= 0.3 is 24.7 Å². The number of hydrogen-bond donors (Lipinski definition) is 2. The van der Waals surface area contributed by atoms with E-state index in [1.165, 1.54) is 38.5 Å². The predicted molar refractivity (Wildman–Crippen MR) is 263 cm³/mol. The number of unbranched alkanes of at least 4 members (excludes halogenated alkanes) is 9. The fraction of sp³-hybridized carbons (Fsp3) is 0.604. The van der Waals surface area contributed by atoms with Crippen LogP contribution in [0, 0.1) is 11.8 Å². The van der Waals surface area contributed by atoms with Gasteiger partial charge in [-0.1, -0.05) is 119 Å². The second-order valence-corrected chi connectivity index (χ2v) is 19.8. The monoisotopic (exact) mass is 958 g/mol. The quantitative estimate of drug-likeness (QED) is 0.0312. The number of aliphatic carboxylic acids is 1. The number of halogens is 2. The first-order valence-electron chi connectivity index (χ1n) is 25.7. The van der Waals surface area contributed by atoms with Gasteiger partial charge in [-0.3, -0.25) is 19.1 Å². The maximum Gasteiger partial charge on any atom is 0.625 e. The number of nitrogens with zero attached hydrogens (tertiary/aromatic N) is 4. The van der Waals surface area contributed by atoms with Crippen LogP contribution in [0.15, 0.2) is 71.1 Å². The molecular formula is C53H74BF2N5O8. The Balaban J connectivity index is 0.910. The summed E-state index contributed by atoms with van der Waals surface area (Å²) in [6, 6.07) is 6.52. The molecular weight excluding hydrogens is 883 g/mol. The molecule has 1 amide bonds. The summed E-state index contributed by atoms with van der Waals surface area (Å²) in [7, 11) is 0. The molecule has 2 N–H and O–H groups in total. The van der Waals surface area contributed by atoms with Gasteiger partial charge < -0.3 is 37.8 Å². The normalized spacial score (nSPS) is 20.1. The third kappa shape index (κ3) is 14.1. The molecule has 1 aromatic carbocycles. The first-order valence-corrected chi connectivity index (χ1v) is 25.7. The van der Waals surface area contributed by atoms with E-state index in [4.69, 9.17) is 14.2 Å². The average Bonchev–Trinajstić information content (AvgIpc) is 4.02. The molecule has 1 unspecified atom stereocenters. The van der Waals surface area contributed by atoms with E-state index in [1.54, 1.807) is 42.8 Å². The van der Waals surface area contributed by atoms with Crippen LogP contribution >= 0.6 is 0 Å². The number of nitrogens with one attached hydrogen (secondary N) is 1. The van der Waals surface area contributed by atoms with Crippen molar-refractivity contribution in [2.45, 2.75) is 187 Å². The number of carboxylic acids is 1. The van der Waals surface area contributed by atoms with E-state index >= 15 is 8.63 Å². The fourth-order valence-corrected chi connectivity index (χ4v) is 10.4. The topological polar surface area (TPSA) is 162 Å². The summed E-state index contributed by atoms with van der Waals surface area (Å²) in [5.74, 6) is -2.13. The standard InChI is InChI=1S/C53H74BF2N5O8/c1-6-7-8-9-10-11-12-13-14-19-43(68-53(66)47(57-35-62)31-36(2)3)33-49-46(52(65)69-49)20-16-15-18-41-34-60(59-58-41)29-17-30-67-42-24-21-39(22-25-42)45-26-23-40-32-48-37(4)44(27-28-50(63)64)38(5)61(48)54(55,56)51(40)45/h21-26,32,34-36,43,46-47,49,51H,6-20,27-31,33H2,1-5H3,(H,57,62)(H,63,64)/t43-,46-,47-,49-,51?/m0/s1. The van der Waals surface area contributed by atoms with Gasteiger partial charge in [-0.25, -0.2) is 4.79 Å². The number of carbonyl (C=O) groups is 4. The molecule has 2 aromatic rings. The first-order chi connectivity index (χ1) is 33.2. The molecule has 3 aliphatic heterocycles. The van der Waals surface area contributed by atoms with Crippen LogP contribution in [-0.2, 0) is 41.6 Å². The molecule has 5 atom stereocenters. The summed E-state index contributed by atoms with van der Waals surface area (Å²) in [4.78, 5) is 48.4. The third-order valence-electron chi connectivity index (χ3n) is 14.1. The molecule has 1 aromatic heterocycles. The number of carboxylic acid groups (broad SMARTS) is 1. The SMILES string of the molecule is CCCCCCCCCCC[C@@H](C[C@@H]1OC(=O)[C@H]1CCCCc1cn(CCCOc2ccc(C3=CC=C4C=C5C(C)=C(CCC(=O)O)C(C)=[N+]5[B-](F)(F)C43)cc2)nn1)OC(=O)[C@H](CC(C)C)NC=O. The van der Waals surface area contributed by atoms with Gasteiger partial charge in [-0.15, -0.1) is 5.10 Å². The van der Waals surface area contributed by atoms with Gasteiger partial charge in [-0.05, 0) is 75.5 Å². The summed E-state index contributed by atoms with van der Waals surface area (Å²) >= 11 is 0. The van der Waals surface area contributed by atoms with Gasteiger partial charge in [0.05, 0.1) is 18.2 Å². The summed E-state index contributed by atoms with van der Waals surface area (Å²) in [5, 5.41) is 20.5. The number of aromatic nitrogens is 3. The van der Waals surface area contributed by atoms with Crippen molar-refractivity contribution < 1.29 is 51.6 Å². The van der Waals surface area contributed by atoms with Crippen LogP contribution in [0.3, 0.4) is 0 Å². The molecule has 69 heavy (non-hydrogen) atoms. The lowest BCUT2D eigenvalue weighted by Crippen LogP contribution is -2.48. The predicted octanol–water partition coefficient (Wildman–Crippen LogP) is 10.5. The van der Waals surface area contributed by atoms with Crippen LogP contribution in [0.5, 0.6) is 5.75 Å². The number of esters is 2. The molecule has 4 aliphatic rings. The van der Waals surface area contributed by atoms with Crippen LogP contribution in [0.1, 0.15) is 161 Å². The Kier molecular flexibility index (Phi) is 19.5. The van der Waals surface area contributed by atoms with Crippen molar-refractivity contribution in [2.75, 3.05) is 6.61 Å². The van der Waals surface area contributed by atoms with E-state index in [0.29, 0.717) is 103 Å². The highest BCUT2D eigenvalue weighted by Crippen LogP contribution is 2.53. The maximum atomic E-state index is 16.4. The number of aryl methyl sites for hydroxylation is 2. The largest absolute Gasteiger partial charge is 0.625 e. The molecule has 13 nitrogen and oxygen atoms in total. The fourth-order valence-electron chi connectivity index (χ4n) is 10.4. The Morgan fingerprint density at radius 3 is 2.39 bits per heavy atom. The number of carbonyl (C=O) groups excluding carboxylic acids is 3. The summed E-state index contributed by atoms with van der Waals surface area (Å²) in [5.41, 5.74) is 4.92. The van der Waals surface area contributed by atoms with Gasteiger partial charge in [0, 0.05) is 62.0 Å². The second kappa shape index (κ2) is 25.5. The zero-order chi connectivity index (χ0) is 49.5. The van der Waals surface area contributed by atoms with Crippen LogP contribution in [0.4, 0.5) is 8.63 Å². The summed E-state index contributed by atoms with van der Waals surface area (Å²) < 4.78 is 53.5. The Hall–Kier alpha value is -5.41. The minimum atomic E-state index is -4.08. The molecule has 0 saturated carbocycles. The van der Waals surface area contributed by atoms with Crippen molar-refractivity contribution in [3.8, 4) is 5.75 Å². The third-order valence-corrected chi connectivity index (χ3v) is 14.1. The summed E-state index contributed by atoms with van der Waals surface area (Å²) in [6.07, 6.45) is 23.2. The minimum Gasteiger partial charge on any atom is -0.494 e. The molecule has 1 fully saturated rings. The lowest BCUT2D eigenvalue weighted by molar-refractivity contribution is -0.362. The van der Waals surface area contributed by atoms with Gasteiger partial charge in [-0.2, -0.15) is 0 Å². The lowest BCUT2D eigenvalue weighted by atomic mass is 9.55. The number of allylic oxidation sites excluding steroid dienone is 7. The molecule has 0 bridgehead atoms. The Bertz CT molecular complexity index is 2270. The summed E-state index contributed by atoms with van der Waals surface area (Å²) in [6.45, 7) is 6.62. The van der Waals surface area contributed by atoms with Crippen LogP contribution in [-0.4, -0.2) is 86.3 Å². The van der Waals surface area contributed by atoms with E-state index in [-0.39, 0.29) is 36.8 Å². The molecule has 1 aliphatic carbocycles. The van der Waals surface area contributed by atoms with Crippen molar-refractivity contribution in [1.29, 1.82) is 0 Å². The van der Waals surface area contributed by atoms with Crippen LogP contribution < -0.4 is 10.1 Å². The van der Waals surface area contributed by atoms with Crippen molar-refractivity contribution in [1.82, 2.24) is 20.3 Å². The van der Waals surface area contributed by atoms with Crippen molar-refractivity contribution in [3.63, 3.8) is 0 Å². The van der Waals surface area contributed by atoms with Gasteiger partial charge in [0.2, 0.25) is 6.41 Å². The highest BCUT2D eigenvalue weighted by Gasteiger charge is 2.59. The Labute approximate surface area is 406 Å². The molecule has 16 heteroatoms. The molecule has 6 rings (SSSR count). The molecule has 1 saturated heterocycles. The van der Waals surface area contributed by atoms with Crippen LogP contribution in [0.25, 0.3) is 5.57 Å². The molecule has 376 valence electrons. The van der Waals surface area contributed by atoms with Crippen molar-refractivity contribution >= 4 is 42.4 Å². The lowest BCUT2D eigenvalue weighted by Gasteiger charge is -2.37. The van der Waals surface area contributed by atoms with E-state index in [2.05, 4.69) is 22.6 Å². The van der Waals surface area contributed by atoms with E-state index in [0.717, 1.165) is 42.3 Å². The smallest absolute Gasteiger partial charge is 0.494 e. The van der Waals surface area contributed by atoms with Crippen molar-refractivity contribution in [2.24, 2.45) is 11.8 Å².